The second kappa shape index (κ2) is 4.69. The Morgan fingerprint density at radius 1 is 1.06 bits per heavy atom. The Labute approximate surface area is 99.0 Å². The smallest absolute Gasteiger partial charge is 0.277 e. The lowest BCUT2D eigenvalue weighted by Gasteiger charge is -2.03. The molecule has 2 heterocycles. The van der Waals surface area contributed by atoms with Crippen molar-refractivity contribution in [2.75, 3.05) is 5.32 Å². The second-order valence-corrected chi connectivity index (χ2v) is 3.72. The molecule has 0 radical (unpaired) electrons. The van der Waals surface area contributed by atoms with Crippen LogP contribution in [0.2, 0.25) is 0 Å². The zero-order valence-corrected chi connectivity index (χ0v) is 9.64. The first-order chi connectivity index (χ1) is 8.15. The van der Waals surface area contributed by atoms with E-state index in [1.807, 2.05) is 19.9 Å². The van der Waals surface area contributed by atoms with Gasteiger partial charge in [-0.3, -0.25) is 9.78 Å². The number of hydrogen-bond donors (Lipinski definition) is 1. The van der Waals surface area contributed by atoms with E-state index in [4.69, 9.17) is 0 Å². The van der Waals surface area contributed by atoms with Crippen LogP contribution in [0.1, 0.15) is 21.7 Å². The lowest BCUT2D eigenvalue weighted by Crippen LogP contribution is -2.14. The average Bonchev–Trinajstić information content (AvgIpc) is 2.33. The van der Waals surface area contributed by atoms with Gasteiger partial charge in [0.2, 0.25) is 0 Å². The molecule has 2 rings (SSSR count). The van der Waals surface area contributed by atoms with E-state index in [-0.39, 0.29) is 11.6 Å². The zero-order valence-electron chi connectivity index (χ0n) is 9.64. The maximum atomic E-state index is 11.8. The third-order valence-electron chi connectivity index (χ3n) is 2.17. The molecule has 0 aromatic carbocycles. The molecule has 17 heavy (non-hydrogen) atoms. The fourth-order valence-electron chi connectivity index (χ4n) is 1.23. The zero-order chi connectivity index (χ0) is 12.3. The standard InChI is InChI=1S/C12H12N4O/c1-8-3-4-11(15-5-8)16-12(17)10-7-13-9(2)6-14-10/h3-7H,1-2H3,(H,15,16,17). The van der Waals surface area contributed by atoms with E-state index in [1.54, 1.807) is 18.5 Å². The highest BCUT2D eigenvalue weighted by Gasteiger charge is 2.08. The quantitative estimate of drug-likeness (QED) is 0.850. The lowest BCUT2D eigenvalue weighted by atomic mass is 10.3. The molecule has 0 bridgehead atoms. The third kappa shape index (κ3) is 2.84. The summed E-state index contributed by atoms with van der Waals surface area (Å²) in [7, 11) is 0. The minimum Gasteiger partial charge on any atom is -0.305 e. The SMILES string of the molecule is Cc1ccc(NC(=O)c2cnc(C)cn2)nc1. The molecule has 0 saturated heterocycles. The van der Waals surface area contributed by atoms with Crippen LogP contribution in [-0.4, -0.2) is 20.9 Å². The number of aryl methyl sites for hydroxylation is 2. The van der Waals surface area contributed by atoms with Gasteiger partial charge in [-0.25, -0.2) is 9.97 Å². The summed E-state index contributed by atoms with van der Waals surface area (Å²) in [5.41, 5.74) is 2.09. The van der Waals surface area contributed by atoms with Gasteiger partial charge in [-0.1, -0.05) is 6.07 Å². The highest BCUT2D eigenvalue weighted by atomic mass is 16.1. The molecule has 2 aromatic rings. The van der Waals surface area contributed by atoms with Gasteiger partial charge in [0, 0.05) is 12.4 Å². The maximum absolute atomic E-state index is 11.8. The van der Waals surface area contributed by atoms with Crippen LogP contribution in [-0.2, 0) is 0 Å². The first-order valence-electron chi connectivity index (χ1n) is 5.18. The van der Waals surface area contributed by atoms with Crippen molar-refractivity contribution in [1.29, 1.82) is 0 Å². The first kappa shape index (κ1) is 11.2. The van der Waals surface area contributed by atoms with Crippen LogP contribution in [0.5, 0.6) is 0 Å². The largest absolute Gasteiger partial charge is 0.305 e. The van der Waals surface area contributed by atoms with E-state index in [1.165, 1.54) is 6.20 Å². The Kier molecular flexibility index (Phi) is 3.09. The van der Waals surface area contributed by atoms with Crippen molar-refractivity contribution in [3.63, 3.8) is 0 Å². The van der Waals surface area contributed by atoms with Crippen molar-refractivity contribution < 1.29 is 4.79 Å². The number of pyridine rings is 1. The monoisotopic (exact) mass is 228 g/mol. The Hall–Kier alpha value is -2.30. The van der Waals surface area contributed by atoms with E-state index >= 15 is 0 Å². The fraction of sp³-hybridized carbons (Fsp3) is 0.167. The van der Waals surface area contributed by atoms with Gasteiger partial charge in [-0.2, -0.15) is 0 Å². The lowest BCUT2D eigenvalue weighted by molar-refractivity contribution is 0.102. The molecule has 0 fully saturated rings. The van der Waals surface area contributed by atoms with Crippen molar-refractivity contribution in [3.05, 3.63) is 47.7 Å². The Bertz CT molecular complexity index is 519. The number of carbonyl (C=O) groups excluding carboxylic acids is 1. The van der Waals surface area contributed by atoms with Crippen molar-refractivity contribution in [1.82, 2.24) is 15.0 Å². The molecule has 0 aliphatic rings. The number of carbonyl (C=O) groups is 1. The number of hydrogen-bond acceptors (Lipinski definition) is 4. The van der Waals surface area contributed by atoms with Crippen LogP contribution in [0.4, 0.5) is 5.82 Å². The van der Waals surface area contributed by atoms with Gasteiger partial charge in [0.15, 0.2) is 0 Å². The molecule has 5 nitrogen and oxygen atoms in total. The number of nitrogens with zero attached hydrogens (tertiary/aromatic N) is 3. The number of amides is 1. The second-order valence-electron chi connectivity index (χ2n) is 3.72. The fourth-order valence-corrected chi connectivity index (χ4v) is 1.23. The molecule has 0 saturated carbocycles. The normalized spacial score (nSPS) is 10.0. The van der Waals surface area contributed by atoms with Crippen LogP contribution in [0.25, 0.3) is 0 Å². The molecule has 1 N–H and O–H groups in total. The van der Waals surface area contributed by atoms with Gasteiger partial charge < -0.3 is 5.32 Å². The highest BCUT2D eigenvalue weighted by Crippen LogP contribution is 2.05. The number of aromatic nitrogens is 3. The molecule has 2 aromatic heterocycles. The predicted molar refractivity (Wildman–Crippen MR) is 63.7 cm³/mol. The van der Waals surface area contributed by atoms with Crippen LogP contribution >= 0.6 is 0 Å². The van der Waals surface area contributed by atoms with Gasteiger partial charge in [0.1, 0.15) is 11.5 Å². The average molecular weight is 228 g/mol. The van der Waals surface area contributed by atoms with Crippen molar-refractivity contribution in [2.24, 2.45) is 0 Å². The van der Waals surface area contributed by atoms with E-state index in [9.17, 15) is 4.79 Å². The summed E-state index contributed by atoms with van der Waals surface area (Å²) in [5.74, 6) is 0.192. The number of nitrogens with one attached hydrogen (secondary N) is 1. The van der Waals surface area contributed by atoms with E-state index in [0.717, 1.165) is 11.3 Å². The van der Waals surface area contributed by atoms with Crippen LogP contribution in [0.3, 0.4) is 0 Å². The summed E-state index contributed by atoms with van der Waals surface area (Å²) >= 11 is 0. The van der Waals surface area contributed by atoms with Gasteiger partial charge >= 0.3 is 0 Å². The van der Waals surface area contributed by atoms with Gasteiger partial charge in [0.25, 0.3) is 5.91 Å². The van der Waals surface area contributed by atoms with Gasteiger partial charge in [-0.15, -0.1) is 0 Å². The third-order valence-corrected chi connectivity index (χ3v) is 2.17. The number of anilines is 1. The summed E-state index contributed by atoms with van der Waals surface area (Å²) in [4.78, 5) is 23.8. The molecular formula is C12H12N4O. The Morgan fingerprint density at radius 2 is 1.88 bits per heavy atom. The molecule has 1 amide bonds. The van der Waals surface area contributed by atoms with Gasteiger partial charge in [-0.05, 0) is 25.5 Å². The van der Waals surface area contributed by atoms with Gasteiger partial charge in [0.05, 0.1) is 11.9 Å². The van der Waals surface area contributed by atoms with E-state index < -0.39 is 0 Å². The summed E-state index contributed by atoms with van der Waals surface area (Å²) in [6.45, 7) is 3.75. The van der Waals surface area contributed by atoms with Crippen LogP contribution in [0, 0.1) is 13.8 Å². The van der Waals surface area contributed by atoms with Crippen molar-refractivity contribution >= 4 is 11.7 Å². The molecular weight excluding hydrogens is 216 g/mol. The first-order valence-corrected chi connectivity index (χ1v) is 5.18. The van der Waals surface area contributed by atoms with Crippen LogP contribution < -0.4 is 5.32 Å². The summed E-state index contributed by atoms with van der Waals surface area (Å²) in [6.07, 6.45) is 4.69. The minimum absolute atomic E-state index is 0.276. The predicted octanol–water partition coefficient (Wildman–Crippen LogP) is 1.74. The molecule has 0 atom stereocenters. The molecule has 0 unspecified atom stereocenters. The molecule has 5 heteroatoms. The molecule has 86 valence electrons. The van der Waals surface area contributed by atoms with E-state index in [0.29, 0.717) is 5.82 Å². The Morgan fingerprint density at radius 3 is 2.47 bits per heavy atom. The Balaban J connectivity index is 2.11. The maximum Gasteiger partial charge on any atom is 0.277 e. The van der Waals surface area contributed by atoms with E-state index in [2.05, 4.69) is 20.3 Å². The number of rotatable bonds is 2. The molecule has 0 spiro atoms. The van der Waals surface area contributed by atoms with Crippen LogP contribution in [0.15, 0.2) is 30.7 Å². The molecule has 0 aliphatic carbocycles. The topological polar surface area (TPSA) is 67.8 Å². The van der Waals surface area contributed by atoms with Crippen molar-refractivity contribution in [2.45, 2.75) is 13.8 Å². The molecule has 0 aliphatic heterocycles. The summed E-state index contributed by atoms with van der Waals surface area (Å²) in [5, 5.41) is 2.65. The highest BCUT2D eigenvalue weighted by molar-refractivity contribution is 6.02. The minimum atomic E-state index is -0.311. The van der Waals surface area contributed by atoms with Crippen molar-refractivity contribution in [3.8, 4) is 0 Å². The summed E-state index contributed by atoms with van der Waals surface area (Å²) < 4.78 is 0. The summed E-state index contributed by atoms with van der Waals surface area (Å²) in [6, 6.07) is 3.62.